The minimum atomic E-state index is -0.0900. The molecule has 0 spiro atoms. The predicted octanol–water partition coefficient (Wildman–Crippen LogP) is 34.7. The lowest BCUT2D eigenvalue weighted by Gasteiger charge is -2.21. The number of nitrogens with zero attached hydrogens (tertiary/aromatic N) is 9. The van der Waals surface area contributed by atoms with E-state index in [1.165, 1.54) is 143 Å². The minimum absolute atomic E-state index is 0.0753. The molecule has 12 heteroatoms. The third-order valence-corrected chi connectivity index (χ3v) is 30.8. The summed E-state index contributed by atoms with van der Waals surface area (Å²) < 4.78 is 7.20. The highest BCUT2D eigenvalue weighted by Gasteiger charge is 2.38. The molecule has 0 atom stereocenters. The number of aromatic nitrogens is 9. The molecule has 27 rings (SSSR count). The summed E-state index contributed by atoms with van der Waals surface area (Å²) in [4.78, 5) is 33.9. The number of para-hydroxylation sites is 4. The number of rotatable bonds is 15. The Morgan fingerprint density at radius 3 is 0.838 bits per heavy atom. The van der Waals surface area contributed by atoms with Gasteiger partial charge in [0.05, 0.1) is 67.3 Å². The van der Waals surface area contributed by atoms with Crippen LogP contribution in [0, 0.1) is 13.8 Å². The normalized spacial score (nSPS) is 12.6. The Labute approximate surface area is 837 Å². The zero-order valence-electron chi connectivity index (χ0n) is 79.1. The molecule has 0 radical (unpaired) electrons. The van der Waals surface area contributed by atoms with Crippen molar-refractivity contribution in [2.24, 2.45) is 0 Å². The number of aryl methyl sites for hydroxylation is 2. The Balaban J connectivity index is 0.000000114. The first-order valence-electron chi connectivity index (χ1n) is 48.2. The fourth-order valence-electron chi connectivity index (χ4n) is 21.3. The first-order chi connectivity index (χ1) is 69.7. The molecule has 0 amide bonds. The van der Waals surface area contributed by atoms with Crippen LogP contribution < -0.4 is 0 Å². The van der Waals surface area contributed by atoms with Gasteiger partial charge in [0, 0.05) is 108 Å². The molecule has 676 valence electrons. The van der Waals surface area contributed by atoms with Gasteiger partial charge in [0.2, 0.25) is 0 Å². The number of hydrogen-bond acceptors (Lipinski definition) is 9. The van der Waals surface area contributed by atoms with Crippen LogP contribution in [0.15, 0.2) is 485 Å². The molecule has 19 aromatic carbocycles. The molecule has 9 nitrogen and oxygen atoms in total. The molecule has 142 heavy (non-hydrogen) atoms. The predicted molar refractivity (Wildman–Crippen MR) is 593 cm³/mol. The van der Waals surface area contributed by atoms with Crippen molar-refractivity contribution in [1.29, 1.82) is 0 Å². The number of hydrogen-bond donors (Lipinski definition) is 0. The molecule has 6 aromatic heterocycles. The summed E-state index contributed by atoms with van der Waals surface area (Å²) in [5, 5.41) is 14.5. The summed E-state index contributed by atoms with van der Waals surface area (Å²) >= 11 is 4.82. The fraction of sp³-hybridized carbons (Fsp3) is 0.0615. The van der Waals surface area contributed by atoms with Crippen LogP contribution in [0.4, 0.5) is 0 Å². The standard InChI is InChI=1S/C51H35N3S.C45H35N3S.C34H23N3S/c1-51(2)44-26-9-7-22-38(44)42-29-43-41-23-8-10-27-48(41)54(49(43)30-45(42)51)34-18-13-19-35(28-34)55-50-52-46(39-24-11-16-32-14-3-5-20-36(32)39)31-47(53-50)40-25-12-17-33-15-4-6-21-37(33)40;1-28-16-20-30(21-17-28)40-27-41(31-22-18-29(2)19-23-31)47-44(46-40)49-33-11-9-10-32(24-33)48-42-15-8-6-13-35(42)37-25-36-34-12-5-7-14-38(34)45(3,4)39(36)26-43(37)48;1-3-12-24(13-4-1)30-23-31(25-14-5-2-6-15-25)36-34(35-30)38-27-17-11-16-26(22-27)37-32-20-9-7-18-28(32)29-19-8-10-21-33(29)37/h3-31H,1-2H3;5-27H,1-4H3;1-23H. The van der Waals surface area contributed by atoms with Crippen molar-refractivity contribution in [2.45, 2.75) is 82.5 Å². The van der Waals surface area contributed by atoms with Crippen LogP contribution in [-0.2, 0) is 10.8 Å². The maximum Gasteiger partial charge on any atom is 0.193 e. The second-order valence-electron chi connectivity index (χ2n) is 37.8. The molecule has 0 saturated heterocycles. The molecule has 2 aliphatic carbocycles. The van der Waals surface area contributed by atoms with Crippen LogP contribution in [0.1, 0.15) is 61.1 Å². The third kappa shape index (κ3) is 15.9. The van der Waals surface area contributed by atoms with Crippen molar-refractivity contribution < 1.29 is 0 Å². The number of fused-ring (bicyclic) bond motifs is 17. The van der Waals surface area contributed by atoms with Crippen molar-refractivity contribution in [3.8, 4) is 107 Å². The van der Waals surface area contributed by atoms with Gasteiger partial charge in [0.25, 0.3) is 0 Å². The molecule has 0 fully saturated rings. The maximum absolute atomic E-state index is 5.27. The fourth-order valence-corrected chi connectivity index (χ4v) is 23.8. The highest BCUT2D eigenvalue weighted by Crippen LogP contribution is 2.54. The third-order valence-electron chi connectivity index (χ3n) is 28.3. The monoisotopic (exact) mass is 1880 g/mol. The second-order valence-corrected chi connectivity index (χ2v) is 40.9. The smallest absolute Gasteiger partial charge is 0.193 e. The van der Waals surface area contributed by atoms with Crippen molar-refractivity contribution in [3.05, 3.63) is 488 Å². The van der Waals surface area contributed by atoms with E-state index in [2.05, 4.69) is 474 Å². The molecule has 0 saturated carbocycles. The average molecular weight is 1880 g/mol. The Hall–Kier alpha value is -16.6. The summed E-state index contributed by atoms with van der Waals surface area (Å²) in [6.07, 6.45) is 0. The molecule has 0 unspecified atom stereocenters. The Bertz CT molecular complexity index is 9020. The van der Waals surface area contributed by atoms with Crippen LogP contribution in [-0.4, -0.2) is 43.6 Å². The molecular weight excluding hydrogens is 1780 g/mol. The lowest BCUT2D eigenvalue weighted by atomic mass is 9.82. The lowest BCUT2D eigenvalue weighted by molar-refractivity contribution is 0.661. The van der Waals surface area contributed by atoms with Gasteiger partial charge in [-0.1, -0.05) is 372 Å². The summed E-state index contributed by atoms with van der Waals surface area (Å²) in [7, 11) is 0. The van der Waals surface area contributed by atoms with Crippen LogP contribution in [0.25, 0.3) is 194 Å². The highest BCUT2D eigenvalue weighted by atomic mass is 32.2. The van der Waals surface area contributed by atoms with E-state index in [0.717, 1.165) is 110 Å². The van der Waals surface area contributed by atoms with Crippen LogP contribution in [0.5, 0.6) is 0 Å². The number of benzene rings is 19. The van der Waals surface area contributed by atoms with Gasteiger partial charge >= 0.3 is 0 Å². The minimum Gasteiger partial charge on any atom is -0.309 e. The van der Waals surface area contributed by atoms with E-state index in [4.69, 9.17) is 29.9 Å². The van der Waals surface area contributed by atoms with E-state index in [1.54, 1.807) is 35.3 Å². The van der Waals surface area contributed by atoms with Crippen molar-refractivity contribution in [1.82, 2.24) is 43.6 Å². The molecular formula is C130H93N9S3. The Morgan fingerprint density at radius 2 is 0.465 bits per heavy atom. The molecule has 0 aliphatic heterocycles. The average Bonchev–Trinajstić information content (AvgIpc) is 1.55. The zero-order chi connectivity index (χ0) is 95.3. The maximum atomic E-state index is 5.27. The SMILES string of the molecule is CC1(C)c2ccccc2-c2cc3c4ccccc4n(-c4cccc(Sc5nc(-c6cccc7ccccc67)cc(-c6cccc7ccccc67)n5)c4)c3cc21.Cc1ccc(-c2cc(-c3ccc(C)cc3)nc(Sc3cccc(-n4c5ccccc5c5cc6c(cc54)C(C)(C)c4ccccc4-6)c3)n2)cc1.c1ccc(-c2cc(-c3ccccc3)nc(Sc3cccc(-n4c5ccccc5c5ccccc54)c3)n2)cc1. The Morgan fingerprint density at radius 1 is 0.190 bits per heavy atom. The topological polar surface area (TPSA) is 92.1 Å². The van der Waals surface area contributed by atoms with Gasteiger partial charge in [-0.05, 0) is 237 Å². The van der Waals surface area contributed by atoms with Gasteiger partial charge in [-0.15, -0.1) is 0 Å². The lowest BCUT2D eigenvalue weighted by Crippen LogP contribution is -2.14. The summed E-state index contributed by atoms with van der Waals surface area (Å²) in [6.45, 7) is 13.6. The van der Waals surface area contributed by atoms with E-state index in [0.29, 0.717) is 5.16 Å². The van der Waals surface area contributed by atoms with Crippen molar-refractivity contribution >= 4 is 122 Å². The largest absolute Gasteiger partial charge is 0.309 e. The van der Waals surface area contributed by atoms with Crippen molar-refractivity contribution in [3.63, 3.8) is 0 Å². The molecule has 2 aliphatic rings. The quantitative estimate of drug-likeness (QED) is 0.0931. The molecule has 0 bridgehead atoms. The zero-order valence-corrected chi connectivity index (χ0v) is 81.5. The van der Waals surface area contributed by atoms with Gasteiger partial charge in [-0.3, -0.25) is 0 Å². The first-order valence-corrected chi connectivity index (χ1v) is 50.7. The van der Waals surface area contributed by atoms with Crippen LogP contribution >= 0.6 is 35.3 Å². The summed E-state index contributed by atoms with van der Waals surface area (Å²) in [6, 6.07) is 163. The van der Waals surface area contributed by atoms with Crippen LogP contribution in [0.3, 0.4) is 0 Å². The first kappa shape index (κ1) is 86.9. The second kappa shape index (κ2) is 36.0. The van der Waals surface area contributed by atoms with Gasteiger partial charge in [-0.2, -0.15) is 0 Å². The van der Waals surface area contributed by atoms with E-state index in [-0.39, 0.29) is 10.8 Å². The van der Waals surface area contributed by atoms with E-state index in [1.807, 2.05) is 36.4 Å². The van der Waals surface area contributed by atoms with Gasteiger partial charge in [-0.25, -0.2) is 29.9 Å². The molecule has 25 aromatic rings. The Kier molecular flexibility index (Phi) is 22.0. The van der Waals surface area contributed by atoms with E-state index < -0.39 is 0 Å². The molecule has 0 N–H and O–H groups in total. The van der Waals surface area contributed by atoms with Gasteiger partial charge < -0.3 is 13.7 Å². The van der Waals surface area contributed by atoms with Gasteiger partial charge in [0.1, 0.15) is 0 Å². The van der Waals surface area contributed by atoms with Crippen LogP contribution in [0.2, 0.25) is 0 Å². The molecule has 6 heterocycles. The van der Waals surface area contributed by atoms with E-state index >= 15 is 0 Å². The van der Waals surface area contributed by atoms with Gasteiger partial charge in [0.15, 0.2) is 15.5 Å². The van der Waals surface area contributed by atoms with E-state index in [9.17, 15) is 0 Å². The van der Waals surface area contributed by atoms with Crippen molar-refractivity contribution in [2.75, 3.05) is 0 Å². The summed E-state index contributed by atoms with van der Waals surface area (Å²) in [5.74, 6) is 0. The summed E-state index contributed by atoms with van der Waals surface area (Å²) in [5.41, 5.74) is 35.8. The highest BCUT2D eigenvalue weighted by molar-refractivity contribution is 7.99.